The minimum absolute atomic E-state index is 0.297. The summed E-state index contributed by atoms with van der Waals surface area (Å²) in [4.78, 5) is 12.5. The summed E-state index contributed by atoms with van der Waals surface area (Å²) in [5.41, 5.74) is 7.34. The van der Waals surface area contributed by atoms with Crippen LogP contribution in [0.15, 0.2) is 46.9 Å². The summed E-state index contributed by atoms with van der Waals surface area (Å²) in [5.74, 6) is -0.297. The molecule has 0 aliphatic carbocycles. The normalized spacial score (nSPS) is 13.6. The van der Waals surface area contributed by atoms with E-state index in [0.29, 0.717) is 10.7 Å². The molecule has 1 amide bonds. The number of rotatable bonds is 3. The summed E-state index contributed by atoms with van der Waals surface area (Å²) in [5, 5.41) is 3.41. The number of carbonyl (C=O) groups is 1. The topological polar surface area (TPSA) is 55.1 Å². The molecule has 110 valence electrons. The lowest BCUT2D eigenvalue weighted by Crippen LogP contribution is -2.45. The summed E-state index contributed by atoms with van der Waals surface area (Å²) in [7, 11) is 0. The van der Waals surface area contributed by atoms with Gasteiger partial charge in [0.2, 0.25) is 5.91 Å². The Labute approximate surface area is 137 Å². The third-order valence-corrected chi connectivity index (χ3v) is 4.40. The van der Waals surface area contributed by atoms with Crippen LogP contribution in [0.25, 0.3) is 0 Å². The van der Waals surface area contributed by atoms with Crippen LogP contribution < -0.4 is 11.1 Å². The summed E-state index contributed by atoms with van der Waals surface area (Å²) < 4.78 is 0.765. The second kappa shape index (κ2) is 6.18. The number of aryl methyl sites for hydroxylation is 1. The van der Waals surface area contributed by atoms with Crippen LogP contribution in [0.1, 0.15) is 18.1 Å². The Morgan fingerprint density at radius 3 is 2.52 bits per heavy atom. The third-order valence-electron chi connectivity index (χ3n) is 3.34. The van der Waals surface area contributed by atoms with Crippen molar-refractivity contribution in [2.45, 2.75) is 19.4 Å². The number of benzene rings is 2. The zero-order chi connectivity index (χ0) is 15.6. The van der Waals surface area contributed by atoms with Gasteiger partial charge >= 0.3 is 0 Å². The van der Waals surface area contributed by atoms with E-state index in [0.717, 1.165) is 15.6 Å². The molecule has 0 saturated heterocycles. The standard InChI is InChI=1S/C16H16BrClN2O/c1-10-8-12(17)14(9-13(10)18)20-15(21)16(2,19)11-6-4-3-5-7-11/h3-9H,19H2,1-2H3,(H,20,21). The van der Waals surface area contributed by atoms with Gasteiger partial charge in [0.15, 0.2) is 0 Å². The Morgan fingerprint density at radius 2 is 1.90 bits per heavy atom. The van der Waals surface area contributed by atoms with E-state index in [2.05, 4.69) is 21.2 Å². The van der Waals surface area contributed by atoms with Crippen molar-refractivity contribution in [3.8, 4) is 0 Å². The molecule has 0 bridgehead atoms. The monoisotopic (exact) mass is 366 g/mol. The Bertz CT molecular complexity index is 671. The van der Waals surface area contributed by atoms with Crippen molar-refractivity contribution >= 4 is 39.1 Å². The van der Waals surface area contributed by atoms with E-state index in [-0.39, 0.29) is 5.91 Å². The molecule has 3 N–H and O–H groups in total. The molecule has 0 aromatic heterocycles. The van der Waals surface area contributed by atoms with Crippen LogP contribution in [0.3, 0.4) is 0 Å². The first kappa shape index (κ1) is 16.0. The number of nitrogens with two attached hydrogens (primary N) is 1. The van der Waals surface area contributed by atoms with Crippen molar-refractivity contribution in [1.29, 1.82) is 0 Å². The Balaban J connectivity index is 2.28. The fourth-order valence-electron chi connectivity index (χ4n) is 1.91. The molecule has 2 aromatic carbocycles. The maximum absolute atomic E-state index is 12.5. The Hall–Kier alpha value is -1.36. The van der Waals surface area contributed by atoms with Gasteiger partial charge in [-0.25, -0.2) is 0 Å². The van der Waals surface area contributed by atoms with E-state index in [1.165, 1.54) is 0 Å². The second-order valence-corrected chi connectivity index (χ2v) is 6.37. The SMILES string of the molecule is Cc1cc(Br)c(NC(=O)C(C)(N)c2ccccc2)cc1Cl. The van der Waals surface area contributed by atoms with Crippen LogP contribution in [0, 0.1) is 6.92 Å². The van der Waals surface area contributed by atoms with Crippen LogP contribution >= 0.6 is 27.5 Å². The van der Waals surface area contributed by atoms with Gasteiger partial charge in [-0.1, -0.05) is 41.9 Å². The largest absolute Gasteiger partial charge is 0.323 e. The maximum Gasteiger partial charge on any atom is 0.248 e. The Kier molecular flexibility index (Phi) is 4.71. The van der Waals surface area contributed by atoms with Crippen molar-refractivity contribution in [3.63, 3.8) is 0 Å². The van der Waals surface area contributed by atoms with Gasteiger partial charge in [0.05, 0.1) is 5.69 Å². The molecule has 0 fully saturated rings. The van der Waals surface area contributed by atoms with Gasteiger partial charge < -0.3 is 11.1 Å². The minimum atomic E-state index is -1.13. The van der Waals surface area contributed by atoms with Gasteiger partial charge in [0.1, 0.15) is 5.54 Å². The highest BCUT2D eigenvalue weighted by atomic mass is 79.9. The van der Waals surface area contributed by atoms with Crippen molar-refractivity contribution < 1.29 is 4.79 Å². The zero-order valence-electron chi connectivity index (χ0n) is 11.8. The van der Waals surface area contributed by atoms with Gasteiger partial charge in [-0.15, -0.1) is 0 Å². The number of anilines is 1. The van der Waals surface area contributed by atoms with E-state index < -0.39 is 5.54 Å². The second-order valence-electron chi connectivity index (χ2n) is 5.10. The molecular formula is C16H16BrClN2O. The molecule has 3 nitrogen and oxygen atoms in total. The molecule has 5 heteroatoms. The molecule has 0 radical (unpaired) electrons. The summed E-state index contributed by atoms with van der Waals surface area (Å²) >= 11 is 9.52. The van der Waals surface area contributed by atoms with E-state index in [9.17, 15) is 4.79 Å². The first-order valence-corrected chi connectivity index (χ1v) is 7.61. The zero-order valence-corrected chi connectivity index (χ0v) is 14.1. The van der Waals surface area contributed by atoms with Crippen molar-refractivity contribution in [2.75, 3.05) is 5.32 Å². The smallest absolute Gasteiger partial charge is 0.248 e. The van der Waals surface area contributed by atoms with E-state index >= 15 is 0 Å². The third kappa shape index (κ3) is 3.46. The lowest BCUT2D eigenvalue weighted by atomic mass is 9.92. The highest BCUT2D eigenvalue weighted by Gasteiger charge is 2.30. The molecule has 0 heterocycles. The number of halogens is 2. The van der Waals surface area contributed by atoms with E-state index in [1.807, 2.05) is 43.3 Å². The number of hydrogen-bond donors (Lipinski definition) is 2. The fraction of sp³-hybridized carbons (Fsp3) is 0.188. The number of amides is 1. The molecule has 2 rings (SSSR count). The highest BCUT2D eigenvalue weighted by Crippen LogP contribution is 2.30. The molecule has 1 atom stereocenters. The number of hydrogen-bond acceptors (Lipinski definition) is 2. The molecule has 21 heavy (non-hydrogen) atoms. The van der Waals surface area contributed by atoms with Crippen LogP contribution in [0.5, 0.6) is 0 Å². The van der Waals surface area contributed by atoms with Gasteiger partial charge in [0.25, 0.3) is 0 Å². The first-order valence-electron chi connectivity index (χ1n) is 6.44. The average molecular weight is 368 g/mol. The fourth-order valence-corrected chi connectivity index (χ4v) is 2.63. The van der Waals surface area contributed by atoms with Gasteiger partial charge in [-0.2, -0.15) is 0 Å². The van der Waals surface area contributed by atoms with Crippen LogP contribution in [-0.4, -0.2) is 5.91 Å². The lowest BCUT2D eigenvalue weighted by Gasteiger charge is -2.24. The molecular weight excluding hydrogens is 352 g/mol. The van der Waals surface area contributed by atoms with Crippen molar-refractivity contribution in [2.24, 2.45) is 5.73 Å². The predicted molar refractivity (Wildman–Crippen MR) is 90.5 cm³/mol. The summed E-state index contributed by atoms with van der Waals surface area (Å²) in [6.45, 7) is 3.58. The Morgan fingerprint density at radius 1 is 1.29 bits per heavy atom. The maximum atomic E-state index is 12.5. The van der Waals surface area contributed by atoms with Crippen molar-refractivity contribution in [3.05, 3.63) is 63.1 Å². The van der Waals surface area contributed by atoms with E-state index in [1.54, 1.807) is 13.0 Å². The van der Waals surface area contributed by atoms with Gasteiger partial charge in [-0.05, 0) is 53.0 Å². The van der Waals surface area contributed by atoms with Crippen LogP contribution in [0.4, 0.5) is 5.69 Å². The summed E-state index contributed by atoms with van der Waals surface area (Å²) in [6, 6.07) is 12.8. The molecule has 0 spiro atoms. The molecule has 0 saturated carbocycles. The first-order chi connectivity index (χ1) is 9.82. The van der Waals surface area contributed by atoms with Crippen LogP contribution in [-0.2, 0) is 10.3 Å². The lowest BCUT2D eigenvalue weighted by molar-refractivity contribution is -0.120. The number of nitrogens with one attached hydrogen (secondary N) is 1. The molecule has 0 aliphatic heterocycles. The van der Waals surface area contributed by atoms with Crippen molar-refractivity contribution in [1.82, 2.24) is 0 Å². The minimum Gasteiger partial charge on any atom is -0.323 e. The molecule has 2 aromatic rings. The summed E-state index contributed by atoms with van der Waals surface area (Å²) in [6.07, 6.45) is 0. The number of carbonyl (C=O) groups excluding carboxylic acids is 1. The molecule has 1 unspecified atom stereocenters. The average Bonchev–Trinajstić information content (AvgIpc) is 2.45. The van der Waals surface area contributed by atoms with Gasteiger partial charge in [-0.3, -0.25) is 4.79 Å². The van der Waals surface area contributed by atoms with Gasteiger partial charge in [0, 0.05) is 9.50 Å². The van der Waals surface area contributed by atoms with E-state index in [4.69, 9.17) is 17.3 Å². The predicted octanol–water partition coefficient (Wildman–Crippen LogP) is 4.22. The van der Waals surface area contributed by atoms with Crippen LogP contribution in [0.2, 0.25) is 5.02 Å². The molecule has 0 aliphatic rings. The quantitative estimate of drug-likeness (QED) is 0.853. The highest BCUT2D eigenvalue weighted by molar-refractivity contribution is 9.10.